The van der Waals surface area contributed by atoms with E-state index < -0.39 is 0 Å². The number of hydrogen-bond acceptors (Lipinski definition) is 3. The van der Waals surface area contributed by atoms with Crippen LogP contribution in [0.25, 0.3) is 0 Å². The number of hydrogen-bond donors (Lipinski definition) is 1. The number of carbonyl (C=O) groups is 2. The first-order valence-corrected chi connectivity index (χ1v) is 8.44. The molecule has 3 rings (SSSR count). The molecule has 1 aliphatic heterocycles. The van der Waals surface area contributed by atoms with Gasteiger partial charge in [0.1, 0.15) is 5.75 Å². The summed E-state index contributed by atoms with van der Waals surface area (Å²) in [5.41, 5.74) is 1.90. The SMILES string of the molecule is Cc1ccccc1OCC(=O)NC[C@@H]1CC(=O)N(c2ccccc2)C1. The van der Waals surface area contributed by atoms with Crippen LogP contribution in [0.4, 0.5) is 5.69 Å². The van der Waals surface area contributed by atoms with Crippen LogP contribution in [0.2, 0.25) is 0 Å². The first kappa shape index (κ1) is 17.0. The van der Waals surface area contributed by atoms with E-state index in [2.05, 4.69) is 5.32 Å². The predicted octanol–water partition coefficient (Wildman–Crippen LogP) is 2.54. The van der Waals surface area contributed by atoms with Crippen molar-refractivity contribution in [2.75, 3.05) is 24.6 Å². The zero-order valence-corrected chi connectivity index (χ0v) is 14.3. The Morgan fingerprint density at radius 1 is 1.16 bits per heavy atom. The van der Waals surface area contributed by atoms with Crippen LogP contribution in [-0.4, -0.2) is 31.5 Å². The van der Waals surface area contributed by atoms with E-state index in [1.165, 1.54) is 0 Å². The molecular formula is C20H22N2O3. The number of nitrogens with zero attached hydrogens (tertiary/aromatic N) is 1. The number of benzene rings is 2. The molecule has 5 heteroatoms. The highest BCUT2D eigenvalue weighted by Gasteiger charge is 2.30. The van der Waals surface area contributed by atoms with Gasteiger partial charge in [-0.2, -0.15) is 0 Å². The van der Waals surface area contributed by atoms with E-state index in [0.717, 1.165) is 11.3 Å². The second-order valence-corrected chi connectivity index (χ2v) is 6.27. The standard InChI is InChI=1S/C20H22N2O3/c1-15-7-5-6-10-18(15)25-14-19(23)21-12-16-11-20(24)22(13-16)17-8-3-2-4-9-17/h2-10,16H,11-14H2,1H3,(H,21,23)/t16-/m0/s1. The summed E-state index contributed by atoms with van der Waals surface area (Å²) in [6.45, 7) is 3.02. The quantitative estimate of drug-likeness (QED) is 0.880. The summed E-state index contributed by atoms with van der Waals surface area (Å²) < 4.78 is 5.54. The van der Waals surface area contributed by atoms with E-state index in [1.807, 2.05) is 61.5 Å². The lowest BCUT2D eigenvalue weighted by Crippen LogP contribution is -2.34. The zero-order valence-electron chi connectivity index (χ0n) is 14.3. The molecule has 0 bridgehead atoms. The van der Waals surface area contributed by atoms with Crippen LogP contribution in [-0.2, 0) is 9.59 Å². The third kappa shape index (κ3) is 4.38. The number of anilines is 1. The van der Waals surface area contributed by atoms with Crippen molar-refractivity contribution in [2.24, 2.45) is 5.92 Å². The fourth-order valence-corrected chi connectivity index (χ4v) is 2.95. The summed E-state index contributed by atoms with van der Waals surface area (Å²) in [7, 11) is 0. The second kappa shape index (κ2) is 7.83. The number of carbonyl (C=O) groups excluding carboxylic acids is 2. The Morgan fingerprint density at radius 2 is 1.88 bits per heavy atom. The molecule has 25 heavy (non-hydrogen) atoms. The smallest absolute Gasteiger partial charge is 0.257 e. The Kier molecular flexibility index (Phi) is 5.33. The van der Waals surface area contributed by atoms with Crippen molar-refractivity contribution in [3.8, 4) is 5.75 Å². The van der Waals surface area contributed by atoms with Gasteiger partial charge in [-0.05, 0) is 30.7 Å². The predicted molar refractivity (Wildman–Crippen MR) is 96.6 cm³/mol. The molecule has 0 aliphatic carbocycles. The van der Waals surface area contributed by atoms with Gasteiger partial charge in [-0.1, -0.05) is 36.4 Å². The van der Waals surface area contributed by atoms with Crippen LogP contribution < -0.4 is 15.0 Å². The maximum atomic E-state index is 12.2. The van der Waals surface area contributed by atoms with Crippen molar-refractivity contribution in [3.63, 3.8) is 0 Å². The second-order valence-electron chi connectivity index (χ2n) is 6.27. The molecule has 2 aromatic carbocycles. The molecule has 0 radical (unpaired) electrons. The highest BCUT2D eigenvalue weighted by atomic mass is 16.5. The highest BCUT2D eigenvalue weighted by Crippen LogP contribution is 2.24. The van der Waals surface area contributed by atoms with Crippen molar-refractivity contribution >= 4 is 17.5 Å². The van der Waals surface area contributed by atoms with E-state index in [-0.39, 0.29) is 24.3 Å². The lowest BCUT2D eigenvalue weighted by molar-refractivity contribution is -0.123. The van der Waals surface area contributed by atoms with Crippen molar-refractivity contribution in [1.82, 2.24) is 5.32 Å². The first-order valence-electron chi connectivity index (χ1n) is 8.44. The minimum Gasteiger partial charge on any atom is -0.484 e. The molecule has 1 heterocycles. The minimum absolute atomic E-state index is 0.0199. The number of rotatable bonds is 6. The summed E-state index contributed by atoms with van der Waals surface area (Å²) in [6.07, 6.45) is 0.452. The largest absolute Gasteiger partial charge is 0.484 e. The lowest BCUT2D eigenvalue weighted by Gasteiger charge is -2.17. The van der Waals surface area contributed by atoms with Crippen molar-refractivity contribution in [1.29, 1.82) is 0 Å². The molecule has 0 saturated carbocycles. The molecule has 5 nitrogen and oxygen atoms in total. The van der Waals surface area contributed by atoms with Crippen molar-refractivity contribution in [2.45, 2.75) is 13.3 Å². The van der Waals surface area contributed by atoms with Gasteiger partial charge in [0, 0.05) is 31.1 Å². The fraction of sp³-hybridized carbons (Fsp3) is 0.300. The number of ether oxygens (including phenoxy) is 1. The van der Waals surface area contributed by atoms with Crippen LogP contribution in [0.15, 0.2) is 54.6 Å². The van der Waals surface area contributed by atoms with Gasteiger partial charge in [0.05, 0.1) is 0 Å². The summed E-state index contributed by atoms with van der Waals surface area (Å²) in [5.74, 6) is 0.759. The molecule has 1 N–H and O–H groups in total. The molecule has 1 atom stereocenters. The van der Waals surface area contributed by atoms with Crippen LogP contribution in [0.3, 0.4) is 0 Å². The normalized spacial score (nSPS) is 16.8. The Bertz CT molecular complexity index is 746. The van der Waals surface area contributed by atoms with Crippen LogP contribution >= 0.6 is 0 Å². The van der Waals surface area contributed by atoms with E-state index >= 15 is 0 Å². The van der Waals surface area contributed by atoms with Gasteiger partial charge in [0.2, 0.25) is 5.91 Å². The molecule has 2 amide bonds. The Labute approximate surface area is 147 Å². The van der Waals surface area contributed by atoms with Crippen molar-refractivity contribution in [3.05, 3.63) is 60.2 Å². The van der Waals surface area contributed by atoms with Gasteiger partial charge in [-0.15, -0.1) is 0 Å². The van der Waals surface area contributed by atoms with Gasteiger partial charge in [0.25, 0.3) is 5.91 Å². The maximum absolute atomic E-state index is 12.2. The van der Waals surface area contributed by atoms with E-state index in [0.29, 0.717) is 25.3 Å². The van der Waals surface area contributed by atoms with Crippen molar-refractivity contribution < 1.29 is 14.3 Å². The Balaban J connectivity index is 1.45. The van der Waals surface area contributed by atoms with E-state index in [1.54, 1.807) is 4.90 Å². The molecule has 130 valence electrons. The van der Waals surface area contributed by atoms with Crippen LogP contribution in [0.1, 0.15) is 12.0 Å². The lowest BCUT2D eigenvalue weighted by atomic mass is 10.1. The average molecular weight is 338 g/mol. The highest BCUT2D eigenvalue weighted by molar-refractivity contribution is 5.95. The molecule has 1 saturated heterocycles. The van der Waals surface area contributed by atoms with Gasteiger partial charge in [-0.3, -0.25) is 9.59 Å². The molecule has 1 aliphatic rings. The van der Waals surface area contributed by atoms with E-state index in [9.17, 15) is 9.59 Å². The number of amides is 2. The average Bonchev–Trinajstić information content (AvgIpc) is 3.01. The monoisotopic (exact) mass is 338 g/mol. The van der Waals surface area contributed by atoms with Gasteiger partial charge < -0.3 is 15.0 Å². The fourth-order valence-electron chi connectivity index (χ4n) is 2.95. The van der Waals surface area contributed by atoms with Gasteiger partial charge in [-0.25, -0.2) is 0 Å². The minimum atomic E-state index is -0.172. The number of aryl methyl sites for hydroxylation is 1. The Hall–Kier alpha value is -2.82. The molecule has 2 aromatic rings. The zero-order chi connectivity index (χ0) is 17.6. The number of nitrogens with one attached hydrogen (secondary N) is 1. The first-order chi connectivity index (χ1) is 12.1. The summed E-state index contributed by atoms with van der Waals surface area (Å²) in [6, 6.07) is 17.2. The Morgan fingerprint density at radius 3 is 2.64 bits per heavy atom. The third-order valence-corrected chi connectivity index (χ3v) is 4.31. The summed E-state index contributed by atoms with van der Waals surface area (Å²) in [4.78, 5) is 25.9. The molecule has 1 fully saturated rings. The summed E-state index contributed by atoms with van der Waals surface area (Å²) in [5, 5.41) is 2.86. The number of para-hydroxylation sites is 2. The topological polar surface area (TPSA) is 58.6 Å². The summed E-state index contributed by atoms with van der Waals surface area (Å²) >= 11 is 0. The molecule has 0 spiro atoms. The molecule has 0 aromatic heterocycles. The third-order valence-electron chi connectivity index (χ3n) is 4.31. The maximum Gasteiger partial charge on any atom is 0.257 e. The van der Waals surface area contributed by atoms with Crippen LogP contribution in [0.5, 0.6) is 5.75 Å². The molecular weight excluding hydrogens is 316 g/mol. The van der Waals surface area contributed by atoms with Gasteiger partial charge in [0.15, 0.2) is 6.61 Å². The molecule has 0 unspecified atom stereocenters. The van der Waals surface area contributed by atoms with Gasteiger partial charge >= 0.3 is 0 Å². The van der Waals surface area contributed by atoms with Crippen LogP contribution in [0, 0.1) is 12.8 Å². The van der Waals surface area contributed by atoms with E-state index in [4.69, 9.17) is 4.74 Å².